The molecule has 0 aromatic carbocycles. The number of hydrogen-bond acceptors (Lipinski definition) is 5. The summed E-state index contributed by atoms with van der Waals surface area (Å²) >= 11 is 1.11. The minimum absolute atomic E-state index is 0. The van der Waals surface area contributed by atoms with Gasteiger partial charge in [0, 0.05) is 17.0 Å². The van der Waals surface area contributed by atoms with E-state index >= 15 is 0 Å². The van der Waals surface area contributed by atoms with Gasteiger partial charge in [0.25, 0.3) is 0 Å². The summed E-state index contributed by atoms with van der Waals surface area (Å²) in [6.07, 6.45) is 0.650. The van der Waals surface area contributed by atoms with Gasteiger partial charge in [0.15, 0.2) is 0 Å². The maximum Gasteiger partial charge on any atom is 0.324 e. The van der Waals surface area contributed by atoms with Gasteiger partial charge in [-0.2, -0.15) is 0 Å². The van der Waals surface area contributed by atoms with Gasteiger partial charge in [0.2, 0.25) is 0 Å². The molecule has 0 saturated heterocycles. The Morgan fingerprint density at radius 2 is 2.21 bits per heavy atom. The third-order valence-electron chi connectivity index (χ3n) is 1.64. The second-order valence-electron chi connectivity index (χ2n) is 2.62. The number of nitro groups is 1. The molecule has 0 spiro atoms. The lowest BCUT2D eigenvalue weighted by molar-refractivity contribution is -0.380. The SMILES string of the molecule is Cl.NCC[C@H](N)c1ccc([N+](=O)[O-])s1. The van der Waals surface area contributed by atoms with Gasteiger partial charge in [-0.1, -0.05) is 11.3 Å². The topological polar surface area (TPSA) is 95.2 Å². The normalized spacial score (nSPS) is 11.9. The van der Waals surface area contributed by atoms with Crippen molar-refractivity contribution >= 4 is 28.7 Å². The fourth-order valence-electron chi connectivity index (χ4n) is 0.961. The van der Waals surface area contributed by atoms with Crippen molar-refractivity contribution in [2.45, 2.75) is 12.5 Å². The van der Waals surface area contributed by atoms with Gasteiger partial charge in [-0.25, -0.2) is 0 Å². The molecule has 0 aliphatic carbocycles. The van der Waals surface area contributed by atoms with E-state index in [0.29, 0.717) is 13.0 Å². The van der Waals surface area contributed by atoms with Crippen LogP contribution >= 0.6 is 23.7 Å². The van der Waals surface area contributed by atoms with Crippen LogP contribution in [0.2, 0.25) is 0 Å². The first kappa shape index (κ1) is 13.3. The Bertz CT molecular complexity index is 305. The zero-order valence-corrected chi connectivity index (χ0v) is 9.01. The summed E-state index contributed by atoms with van der Waals surface area (Å²) in [4.78, 5) is 10.7. The number of hydrogen-bond donors (Lipinski definition) is 2. The summed E-state index contributed by atoms with van der Waals surface area (Å²) in [5, 5.41) is 10.5. The molecule has 1 rings (SSSR count). The summed E-state index contributed by atoms with van der Waals surface area (Å²) in [5.41, 5.74) is 11.1. The molecule has 1 atom stereocenters. The Morgan fingerprint density at radius 1 is 1.57 bits per heavy atom. The lowest BCUT2D eigenvalue weighted by atomic mass is 10.2. The summed E-state index contributed by atoms with van der Waals surface area (Å²) in [5.74, 6) is 0. The van der Waals surface area contributed by atoms with Crippen LogP contribution < -0.4 is 11.5 Å². The molecule has 7 heteroatoms. The Balaban J connectivity index is 0.00000169. The predicted molar refractivity (Wildman–Crippen MR) is 58.8 cm³/mol. The Kier molecular flexibility index (Phi) is 5.63. The molecule has 80 valence electrons. The van der Waals surface area contributed by atoms with E-state index < -0.39 is 4.92 Å². The summed E-state index contributed by atoms with van der Waals surface area (Å²) in [6.45, 7) is 0.493. The van der Waals surface area contributed by atoms with Crippen LogP contribution in [-0.4, -0.2) is 11.5 Å². The minimum atomic E-state index is -0.413. The molecule has 0 bridgehead atoms. The predicted octanol–water partition coefficient (Wildman–Crippen LogP) is 1.43. The van der Waals surface area contributed by atoms with E-state index in [2.05, 4.69) is 0 Å². The van der Waals surface area contributed by atoms with Crippen LogP contribution in [0.15, 0.2) is 12.1 Å². The van der Waals surface area contributed by atoms with Crippen LogP contribution in [0.4, 0.5) is 5.00 Å². The lowest BCUT2D eigenvalue weighted by Gasteiger charge is -2.05. The van der Waals surface area contributed by atoms with Crippen molar-refractivity contribution in [1.82, 2.24) is 0 Å². The maximum absolute atomic E-state index is 10.3. The molecule has 0 unspecified atom stereocenters. The summed E-state index contributed by atoms with van der Waals surface area (Å²) < 4.78 is 0. The number of thiophene rings is 1. The molecule has 0 amide bonds. The molecule has 5 nitrogen and oxygen atoms in total. The Hall–Kier alpha value is -0.690. The smallest absolute Gasteiger partial charge is 0.324 e. The second-order valence-corrected chi connectivity index (χ2v) is 3.71. The molecule has 1 heterocycles. The van der Waals surface area contributed by atoms with Crippen LogP contribution in [-0.2, 0) is 0 Å². The highest BCUT2D eigenvalue weighted by Crippen LogP contribution is 2.28. The van der Waals surface area contributed by atoms with Gasteiger partial charge in [0.05, 0.1) is 4.92 Å². The van der Waals surface area contributed by atoms with Crippen LogP contribution in [0.5, 0.6) is 0 Å². The summed E-state index contributed by atoms with van der Waals surface area (Å²) in [7, 11) is 0. The minimum Gasteiger partial charge on any atom is -0.330 e. The second kappa shape index (κ2) is 5.92. The molecule has 0 fully saturated rings. The van der Waals surface area contributed by atoms with Crippen molar-refractivity contribution in [3.05, 3.63) is 27.1 Å². The molecular weight excluding hydrogens is 226 g/mol. The highest BCUT2D eigenvalue weighted by atomic mass is 35.5. The fourth-order valence-corrected chi connectivity index (χ4v) is 1.82. The molecule has 1 aromatic rings. The number of nitrogens with zero attached hydrogens (tertiary/aromatic N) is 1. The highest BCUT2D eigenvalue weighted by molar-refractivity contribution is 7.15. The average molecular weight is 238 g/mol. The van der Waals surface area contributed by atoms with Crippen molar-refractivity contribution in [3.8, 4) is 0 Å². The van der Waals surface area contributed by atoms with Crippen molar-refractivity contribution in [2.75, 3.05) is 6.54 Å². The van der Waals surface area contributed by atoms with Gasteiger partial charge >= 0.3 is 5.00 Å². The quantitative estimate of drug-likeness (QED) is 0.612. The van der Waals surface area contributed by atoms with Crippen LogP contribution in [0.3, 0.4) is 0 Å². The molecule has 0 aliphatic rings. The van der Waals surface area contributed by atoms with E-state index in [9.17, 15) is 10.1 Å². The van der Waals surface area contributed by atoms with Crippen molar-refractivity contribution in [3.63, 3.8) is 0 Å². The van der Waals surface area contributed by atoms with Crippen molar-refractivity contribution in [1.29, 1.82) is 0 Å². The number of rotatable bonds is 4. The zero-order chi connectivity index (χ0) is 9.84. The first-order valence-electron chi connectivity index (χ1n) is 3.85. The van der Waals surface area contributed by atoms with E-state index in [1.54, 1.807) is 6.07 Å². The van der Waals surface area contributed by atoms with Crippen molar-refractivity contribution < 1.29 is 4.92 Å². The molecular formula is C7H12ClN3O2S. The largest absolute Gasteiger partial charge is 0.330 e. The maximum atomic E-state index is 10.3. The van der Waals surface area contributed by atoms with E-state index in [0.717, 1.165) is 16.2 Å². The van der Waals surface area contributed by atoms with E-state index in [1.165, 1.54) is 6.07 Å². The van der Waals surface area contributed by atoms with E-state index in [1.807, 2.05) is 0 Å². The van der Waals surface area contributed by atoms with Crippen molar-refractivity contribution in [2.24, 2.45) is 11.5 Å². The molecule has 0 aliphatic heterocycles. The monoisotopic (exact) mass is 237 g/mol. The molecule has 0 saturated carbocycles. The van der Waals surface area contributed by atoms with E-state index in [4.69, 9.17) is 11.5 Å². The van der Waals surface area contributed by atoms with Gasteiger partial charge in [-0.3, -0.25) is 10.1 Å². The lowest BCUT2D eigenvalue weighted by Crippen LogP contribution is -2.13. The standard InChI is InChI=1S/C7H11N3O2S.ClH/c8-4-3-5(9)6-1-2-7(13-6)10(11)12;/h1-2,5H,3-4,8-9H2;1H/t5-;/m0./s1. The molecule has 0 radical (unpaired) electrons. The van der Waals surface area contributed by atoms with Crippen LogP contribution in [0.1, 0.15) is 17.3 Å². The average Bonchev–Trinajstić information content (AvgIpc) is 2.52. The van der Waals surface area contributed by atoms with Gasteiger partial charge in [-0.15, -0.1) is 12.4 Å². The Labute approximate surface area is 91.7 Å². The molecule has 4 N–H and O–H groups in total. The van der Waals surface area contributed by atoms with Gasteiger partial charge < -0.3 is 11.5 Å². The highest BCUT2D eigenvalue weighted by Gasteiger charge is 2.13. The first-order valence-corrected chi connectivity index (χ1v) is 4.66. The Morgan fingerprint density at radius 3 is 2.64 bits per heavy atom. The number of halogens is 1. The third kappa shape index (κ3) is 3.22. The summed E-state index contributed by atoms with van der Waals surface area (Å²) in [6, 6.07) is 2.98. The van der Waals surface area contributed by atoms with E-state index in [-0.39, 0.29) is 23.4 Å². The molecule has 1 aromatic heterocycles. The zero-order valence-electron chi connectivity index (χ0n) is 7.38. The first-order chi connectivity index (χ1) is 6.15. The molecule has 14 heavy (non-hydrogen) atoms. The van der Waals surface area contributed by atoms with Gasteiger partial charge in [0.1, 0.15) is 0 Å². The van der Waals surface area contributed by atoms with Gasteiger partial charge in [-0.05, 0) is 19.0 Å². The fraction of sp³-hybridized carbons (Fsp3) is 0.429. The van der Waals surface area contributed by atoms with Crippen LogP contribution in [0, 0.1) is 10.1 Å². The van der Waals surface area contributed by atoms with Crippen LogP contribution in [0.25, 0.3) is 0 Å². The third-order valence-corrected chi connectivity index (χ3v) is 2.80. The number of nitrogens with two attached hydrogens (primary N) is 2.